The number of aryl methyl sites for hydroxylation is 3. The molecule has 9 rings (SSSR count). The van der Waals surface area contributed by atoms with Crippen LogP contribution in [-0.2, 0) is 26.5 Å². The third kappa shape index (κ3) is 7.47. The number of rotatable bonds is 7. The number of furan rings is 1. The molecule has 0 saturated carbocycles. The van der Waals surface area contributed by atoms with Gasteiger partial charge in [-0.2, -0.15) is 0 Å². The van der Waals surface area contributed by atoms with Crippen molar-refractivity contribution >= 4 is 22.0 Å². The van der Waals surface area contributed by atoms with Crippen molar-refractivity contribution in [1.82, 2.24) is 14.5 Å². The van der Waals surface area contributed by atoms with Crippen LogP contribution in [0.5, 0.6) is 0 Å². The molecule has 1 radical (unpaired) electrons. The van der Waals surface area contributed by atoms with Gasteiger partial charge in [0.05, 0.1) is 22.5 Å². The Balaban J connectivity index is 0.000000220. The molecule has 0 bridgehead atoms. The van der Waals surface area contributed by atoms with E-state index in [0.717, 1.165) is 74.2 Å². The zero-order chi connectivity index (χ0) is 41.1. The summed E-state index contributed by atoms with van der Waals surface area (Å²) in [5.74, 6) is 0.823. The Morgan fingerprint density at radius 1 is 0.722 bits per heavy atom. The Hall–Kier alpha value is -5.87. The molecule has 0 spiro atoms. The maximum atomic E-state index is 7.28. The van der Waals surface area contributed by atoms with E-state index >= 15 is 0 Å². The summed E-state index contributed by atoms with van der Waals surface area (Å²) in [5.41, 5.74) is 12.2. The minimum atomic E-state index is -2.18. The van der Waals surface area contributed by atoms with Crippen molar-refractivity contribution in [2.24, 2.45) is 0 Å². The summed E-state index contributed by atoms with van der Waals surface area (Å²) in [5, 5.41) is 1.04. The van der Waals surface area contributed by atoms with Crippen LogP contribution in [0.2, 0.25) is 0 Å². The first kappa shape index (κ1) is 29.6. The van der Waals surface area contributed by atoms with Gasteiger partial charge in [-0.15, -0.1) is 35.4 Å². The summed E-state index contributed by atoms with van der Waals surface area (Å²) < 4.78 is 51.9. The number of hydrogen-bond acceptors (Lipinski definition) is 3. The number of para-hydroxylation sites is 3. The van der Waals surface area contributed by atoms with E-state index in [0.29, 0.717) is 11.3 Å². The molecule has 4 nitrogen and oxygen atoms in total. The topological polar surface area (TPSA) is 43.9 Å². The van der Waals surface area contributed by atoms with E-state index in [1.807, 2.05) is 6.07 Å². The van der Waals surface area contributed by atoms with E-state index in [9.17, 15) is 0 Å². The predicted octanol–water partition coefficient (Wildman–Crippen LogP) is 12.7. The Bertz CT molecular complexity index is 2740. The Morgan fingerprint density at radius 2 is 1.43 bits per heavy atom. The zero-order valence-electron chi connectivity index (χ0n) is 35.5. The van der Waals surface area contributed by atoms with E-state index in [2.05, 4.69) is 144 Å². The third-order valence-corrected chi connectivity index (χ3v) is 9.18. The van der Waals surface area contributed by atoms with Gasteiger partial charge >= 0.3 is 0 Å². The van der Waals surface area contributed by atoms with Gasteiger partial charge in [-0.1, -0.05) is 158 Å². The van der Waals surface area contributed by atoms with Crippen LogP contribution in [0, 0.1) is 26.0 Å². The molecule has 0 unspecified atom stereocenters. The zero-order valence-corrected chi connectivity index (χ0v) is 31.9. The smallest absolute Gasteiger partial charge is 0.0774 e. The molecule has 6 aromatic carbocycles. The van der Waals surface area contributed by atoms with Crippen molar-refractivity contribution in [2.75, 3.05) is 0 Å². The minimum absolute atomic E-state index is 0. The van der Waals surface area contributed by atoms with E-state index < -0.39 is 13.7 Å². The second-order valence-electron chi connectivity index (χ2n) is 12.8. The van der Waals surface area contributed by atoms with Crippen molar-refractivity contribution in [3.8, 4) is 50.6 Å². The largest absolute Gasteiger partial charge is 0.557 e. The molecule has 0 atom stereocenters. The molecule has 3 heterocycles. The summed E-state index contributed by atoms with van der Waals surface area (Å²) in [6.45, 7) is -2.13. The van der Waals surface area contributed by atoms with Crippen molar-refractivity contribution in [2.45, 2.75) is 33.5 Å². The van der Waals surface area contributed by atoms with Crippen LogP contribution >= 0.6 is 0 Å². The van der Waals surface area contributed by atoms with E-state index in [1.165, 1.54) is 30.0 Å². The molecule has 9 aromatic rings. The first-order chi connectivity index (χ1) is 28.5. The van der Waals surface area contributed by atoms with Gasteiger partial charge < -0.3 is 14.0 Å². The van der Waals surface area contributed by atoms with Crippen molar-refractivity contribution < 1.29 is 32.7 Å². The second kappa shape index (κ2) is 16.4. The number of pyridine rings is 1. The minimum Gasteiger partial charge on any atom is -0.557 e. The fraction of sp³-hybridized carbons (Fsp3) is 0.102. The Kier molecular flexibility index (Phi) is 9.00. The quantitative estimate of drug-likeness (QED) is 0.150. The number of benzene rings is 6. The predicted molar refractivity (Wildman–Crippen MR) is 218 cm³/mol. The summed E-state index contributed by atoms with van der Waals surface area (Å²) >= 11 is 0. The fourth-order valence-electron chi connectivity index (χ4n) is 6.68. The molecule has 267 valence electrons. The summed E-state index contributed by atoms with van der Waals surface area (Å²) in [4.78, 5) is 9.27. The van der Waals surface area contributed by atoms with Crippen LogP contribution in [0.1, 0.15) is 38.3 Å². The van der Waals surface area contributed by atoms with E-state index in [4.69, 9.17) is 17.6 Å². The molecular weight excluding hydrogens is 839 g/mol. The Morgan fingerprint density at radius 3 is 2.07 bits per heavy atom. The van der Waals surface area contributed by atoms with Gasteiger partial charge in [0.25, 0.3) is 0 Å². The van der Waals surface area contributed by atoms with Crippen LogP contribution in [-0.4, -0.2) is 14.5 Å². The molecule has 0 aliphatic carbocycles. The molecule has 54 heavy (non-hydrogen) atoms. The molecular formula is C49H39IrN3O-2. The number of fused-ring (bicyclic) bond motifs is 2. The van der Waals surface area contributed by atoms with Gasteiger partial charge in [-0.25, -0.2) is 0 Å². The molecule has 0 N–H and O–H groups in total. The Labute approximate surface area is 339 Å². The van der Waals surface area contributed by atoms with Crippen LogP contribution < -0.4 is 0 Å². The molecule has 5 heteroatoms. The average Bonchev–Trinajstić information content (AvgIpc) is 3.85. The second-order valence-corrected chi connectivity index (χ2v) is 12.8. The monoisotopic (exact) mass is 884 g/mol. The standard InChI is InChI=1S/C36H27N2O.C13H12N.Ir/c1-2-12-25-21-22-34-30(23-25)31(24-39-34)36-37-32-19-9-10-20-33(32)38(36)35-28(26-13-5-3-6-14-26)17-11-18-29(35)27-15-7-4-8-16-27;1-10-3-6-12(7-4-10)13-8-5-11(2)9-14-13;/h3-11,13-23H,2,12H2,1H3;3-6,8-9H,1-2H3;/q2*-1;/i;1D3,2D3;. The fourth-order valence-corrected chi connectivity index (χ4v) is 6.68. The van der Waals surface area contributed by atoms with Gasteiger partial charge in [0.15, 0.2) is 0 Å². The van der Waals surface area contributed by atoms with Crippen LogP contribution in [0.25, 0.3) is 72.6 Å². The maximum Gasteiger partial charge on any atom is 0.0774 e. The number of nitrogens with zero attached hydrogens (tertiary/aromatic N) is 3. The van der Waals surface area contributed by atoms with Gasteiger partial charge in [0.1, 0.15) is 0 Å². The van der Waals surface area contributed by atoms with Crippen molar-refractivity contribution in [3.63, 3.8) is 0 Å². The van der Waals surface area contributed by atoms with Gasteiger partial charge in [-0.3, -0.25) is 4.98 Å². The van der Waals surface area contributed by atoms with Crippen molar-refractivity contribution in [1.29, 1.82) is 0 Å². The SMILES string of the molecule is CCCc1ccc2o[c-]c(-c3nc4ccccc4n3-c3c(-c4ccccc4)cccc3-c3ccccc3)c2c1.[2H]C([2H])([2H])c1c[c-]c(-c2ccc(C([2H])([2H])[2H])cn2)cc1.[Ir]. The summed E-state index contributed by atoms with van der Waals surface area (Å²) in [7, 11) is 0. The maximum absolute atomic E-state index is 7.28. The van der Waals surface area contributed by atoms with Crippen LogP contribution in [0.4, 0.5) is 0 Å². The molecule has 0 aliphatic heterocycles. The first-order valence-electron chi connectivity index (χ1n) is 20.6. The van der Waals surface area contributed by atoms with E-state index in [1.54, 1.807) is 12.1 Å². The molecule has 0 aliphatic rings. The van der Waals surface area contributed by atoms with Crippen molar-refractivity contribution in [3.05, 3.63) is 187 Å². The first-order valence-corrected chi connectivity index (χ1v) is 17.6. The van der Waals surface area contributed by atoms with Crippen LogP contribution in [0.3, 0.4) is 0 Å². The molecule has 0 fully saturated rings. The normalized spacial score (nSPS) is 13.0. The van der Waals surface area contributed by atoms with Gasteiger partial charge in [0.2, 0.25) is 0 Å². The number of imidazole rings is 1. The van der Waals surface area contributed by atoms with Gasteiger partial charge in [0, 0.05) is 57.5 Å². The molecule has 3 aromatic heterocycles. The number of hydrogen-bond donors (Lipinski definition) is 0. The summed E-state index contributed by atoms with van der Waals surface area (Å²) in [6, 6.07) is 52.9. The summed E-state index contributed by atoms with van der Waals surface area (Å²) in [6.07, 6.45) is 6.64. The third-order valence-electron chi connectivity index (χ3n) is 9.18. The average molecular weight is 884 g/mol. The molecule has 0 saturated heterocycles. The number of aromatic nitrogens is 3. The van der Waals surface area contributed by atoms with Gasteiger partial charge in [-0.05, 0) is 47.8 Å². The van der Waals surface area contributed by atoms with E-state index in [-0.39, 0.29) is 31.2 Å². The molecule has 0 amide bonds. The van der Waals surface area contributed by atoms with Crippen LogP contribution in [0.15, 0.2) is 162 Å².